The van der Waals surface area contributed by atoms with E-state index in [1.54, 1.807) is 11.8 Å². The van der Waals surface area contributed by atoms with Gasteiger partial charge in [0.05, 0.1) is 6.61 Å². The van der Waals surface area contributed by atoms with E-state index in [1.807, 2.05) is 0 Å². The standard InChI is InChI=1S/C11H19NO4/c1-2-16-11(15)12-7-5-9(6-8-12)3-4-10(13)14/h9H,2-8H2,1H3,(H,13,14). The second kappa shape index (κ2) is 6.35. The molecule has 5 nitrogen and oxygen atoms in total. The van der Waals surface area contributed by atoms with Crippen LogP contribution in [0.5, 0.6) is 0 Å². The molecule has 0 unspecified atom stereocenters. The molecule has 16 heavy (non-hydrogen) atoms. The van der Waals surface area contributed by atoms with Crippen LogP contribution in [0.1, 0.15) is 32.6 Å². The van der Waals surface area contributed by atoms with Crippen molar-refractivity contribution in [1.82, 2.24) is 4.90 Å². The van der Waals surface area contributed by atoms with E-state index in [0.717, 1.165) is 12.8 Å². The van der Waals surface area contributed by atoms with Crippen LogP contribution in [-0.4, -0.2) is 41.8 Å². The monoisotopic (exact) mass is 229 g/mol. The van der Waals surface area contributed by atoms with Crippen molar-refractivity contribution in [1.29, 1.82) is 0 Å². The molecular formula is C11H19NO4. The van der Waals surface area contributed by atoms with Gasteiger partial charge in [0.2, 0.25) is 0 Å². The normalized spacial score (nSPS) is 17.2. The molecule has 1 aliphatic heterocycles. The first kappa shape index (κ1) is 12.8. The third-order valence-corrected chi connectivity index (χ3v) is 2.91. The van der Waals surface area contributed by atoms with Crippen molar-refractivity contribution >= 4 is 12.1 Å². The minimum Gasteiger partial charge on any atom is -0.481 e. The lowest BCUT2D eigenvalue weighted by molar-refractivity contribution is -0.137. The molecule has 0 radical (unpaired) electrons. The Hall–Kier alpha value is -1.26. The summed E-state index contributed by atoms with van der Waals surface area (Å²) < 4.78 is 4.91. The van der Waals surface area contributed by atoms with E-state index in [4.69, 9.17) is 9.84 Å². The van der Waals surface area contributed by atoms with Crippen molar-refractivity contribution < 1.29 is 19.4 Å². The Morgan fingerprint density at radius 2 is 2.00 bits per heavy atom. The number of carboxylic acid groups (broad SMARTS) is 1. The number of hydrogen-bond acceptors (Lipinski definition) is 3. The fourth-order valence-corrected chi connectivity index (χ4v) is 1.95. The zero-order valence-electron chi connectivity index (χ0n) is 9.65. The molecule has 1 fully saturated rings. The Balaban J connectivity index is 2.23. The van der Waals surface area contributed by atoms with E-state index < -0.39 is 5.97 Å². The Morgan fingerprint density at radius 1 is 1.38 bits per heavy atom. The maximum absolute atomic E-state index is 11.4. The second-order valence-electron chi connectivity index (χ2n) is 4.06. The smallest absolute Gasteiger partial charge is 0.409 e. The van der Waals surface area contributed by atoms with E-state index in [0.29, 0.717) is 32.0 Å². The Labute approximate surface area is 95.4 Å². The lowest BCUT2D eigenvalue weighted by atomic mass is 9.92. The average Bonchev–Trinajstić information content (AvgIpc) is 2.27. The molecule has 1 saturated heterocycles. The van der Waals surface area contributed by atoms with Gasteiger partial charge in [-0.15, -0.1) is 0 Å². The molecule has 1 amide bonds. The number of nitrogens with zero attached hydrogens (tertiary/aromatic N) is 1. The first-order valence-corrected chi connectivity index (χ1v) is 5.77. The van der Waals surface area contributed by atoms with Crippen molar-refractivity contribution in [2.75, 3.05) is 19.7 Å². The first-order valence-electron chi connectivity index (χ1n) is 5.77. The highest BCUT2D eigenvalue weighted by molar-refractivity contribution is 5.67. The molecule has 0 aliphatic carbocycles. The van der Waals surface area contributed by atoms with Gasteiger partial charge in [-0.3, -0.25) is 4.79 Å². The summed E-state index contributed by atoms with van der Waals surface area (Å²) in [5.74, 6) is -0.311. The summed E-state index contributed by atoms with van der Waals surface area (Å²) >= 11 is 0. The van der Waals surface area contributed by atoms with Crippen molar-refractivity contribution in [3.63, 3.8) is 0 Å². The van der Waals surface area contributed by atoms with Gasteiger partial charge in [-0.1, -0.05) is 0 Å². The van der Waals surface area contributed by atoms with Crippen LogP contribution in [0, 0.1) is 5.92 Å². The number of carbonyl (C=O) groups is 2. The van der Waals surface area contributed by atoms with Gasteiger partial charge in [-0.25, -0.2) is 4.79 Å². The van der Waals surface area contributed by atoms with Crippen LogP contribution < -0.4 is 0 Å². The number of carbonyl (C=O) groups excluding carboxylic acids is 1. The maximum atomic E-state index is 11.4. The van der Waals surface area contributed by atoms with Gasteiger partial charge in [-0.05, 0) is 32.1 Å². The van der Waals surface area contributed by atoms with E-state index in [1.165, 1.54) is 0 Å². The van der Waals surface area contributed by atoms with Crippen molar-refractivity contribution in [3.8, 4) is 0 Å². The lowest BCUT2D eigenvalue weighted by Crippen LogP contribution is -2.38. The van der Waals surface area contributed by atoms with Gasteiger partial charge < -0.3 is 14.7 Å². The molecule has 1 N–H and O–H groups in total. The van der Waals surface area contributed by atoms with Crippen LogP contribution in [0.15, 0.2) is 0 Å². The average molecular weight is 229 g/mol. The molecule has 1 heterocycles. The summed E-state index contributed by atoms with van der Waals surface area (Å²) in [7, 11) is 0. The molecule has 1 rings (SSSR count). The zero-order chi connectivity index (χ0) is 12.0. The predicted octanol–water partition coefficient (Wildman–Crippen LogP) is 1.72. The summed E-state index contributed by atoms with van der Waals surface area (Å²) in [5.41, 5.74) is 0. The van der Waals surface area contributed by atoms with Crippen LogP contribution >= 0.6 is 0 Å². The topological polar surface area (TPSA) is 66.8 Å². The number of rotatable bonds is 4. The van der Waals surface area contributed by atoms with Crippen LogP contribution in [0.4, 0.5) is 4.79 Å². The molecular weight excluding hydrogens is 210 g/mol. The number of piperidine rings is 1. The maximum Gasteiger partial charge on any atom is 0.409 e. The number of hydrogen-bond donors (Lipinski definition) is 1. The van der Waals surface area contributed by atoms with Gasteiger partial charge in [0.15, 0.2) is 0 Å². The molecule has 0 aromatic carbocycles. The van der Waals surface area contributed by atoms with E-state index >= 15 is 0 Å². The molecule has 1 aliphatic rings. The van der Waals surface area contributed by atoms with E-state index in [9.17, 15) is 9.59 Å². The van der Waals surface area contributed by atoms with E-state index in [2.05, 4.69) is 0 Å². The summed E-state index contributed by atoms with van der Waals surface area (Å²) in [6.45, 7) is 3.56. The molecule has 0 saturated carbocycles. The highest BCUT2D eigenvalue weighted by Crippen LogP contribution is 2.22. The van der Waals surface area contributed by atoms with Gasteiger partial charge in [0.1, 0.15) is 0 Å². The minimum atomic E-state index is -0.743. The highest BCUT2D eigenvalue weighted by atomic mass is 16.6. The summed E-state index contributed by atoms with van der Waals surface area (Å²) in [5, 5.41) is 8.57. The molecule has 0 bridgehead atoms. The Bertz CT molecular complexity index is 246. The number of amides is 1. The highest BCUT2D eigenvalue weighted by Gasteiger charge is 2.23. The quantitative estimate of drug-likeness (QED) is 0.797. The second-order valence-corrected chi connectivity index (χ2v) is 4.06. The van der Waals surface area contributed by atoms with Crippen LogP contribution in [-0.2, 0) is 9.53 Å². The molecule has 0 spiro atoms. The van der Waals surface area contributed by atoms with Crippen molar-refractivity contribution in [2.45, 2.75) is 32.6 Å². The number of carboxylic acids is 1. The Morgan fingerprint density at radius 3 is 2.50 bits per heavy atom. The SMILES string of the molecule is CCOC(=O)N1CCC(CCC(=O)O)CC1. The third kappa shape index (κ3) is 4.08. The van der Waals surface area contributed by atoms with Crippen LogP contribution in [0.25, 0.3) is 0 Å². The summed E-state index contributed by atoms with van der Waals surface area (Å²) in [4.78, 5) is 23.5. The number of aliphatic carboxylic acids is 1. The van der Waals surface area contributed by atoms with Gasteiger partial charge in [0, 0.05) is 19.5 Å². The van der Waals surface area contributed by atoms with Gasteiger partial charge in [0.25, 0.3) is 0 Å². The zero-order valence-corrected chi connectivity index (χ0v) is 9.65. The van der Waals surface area contributed by atoms with E-state index in [-0.39, 0.29) is 12.5 Å². The number of ether oxygens (including phenoxy) is 1. The van der Waals surface area contributed by atoms with Crippen molar-refractivity contribution in [2.24, 2.45) is 5.92 Å². The van der Waals surface area contributed by atoms with Gasteiger partial charge >= 0.3 is 12.1 Å². The lowest BCUT2D eigenvalue weighted by Gasteiger charge is -2.30. The first-order chi connectivity index (χ1) is 7.63. The Kier molecular flexibility index (Phi) is 5.08. The van der Waals surface area contributed by atoms with Crippen molar-refractivity contribution in [3.05, 3.63) is 0 Å². The predicted molar refractivity (Wildman–Crippen MR) is 58.2 cm³/mol. The number of likely N-dealkylation sites (tertiary alicyclic amines) is 1. The molecule has 5 heteroatoms. The van der Waals surface area contributed by atoms with Crippen LogP contribution in [0.2, 0.25) is 0 Å². The fraction of sp³-hybridized carbons (Fsp3) is 0.818. The molecule has 0 aromatic heterocycles. The van der Waals surface area contributed by atoms with Gasteiger partial charge in [-0.2, -0.15) is 0 Å². The fourth-order valence-electron chi connectivity index (χ4n) is 1.95. The molecule has 0 atom stereocenters. The third-order valence-electron chi connectivity index (χ3n) is 2.91. The largest absolute Gasteiger partial charge is 0.481 e. The minimum absolute atomic E-state index is 0.226. The summed E-state index contributed by atoms with van der Waals surface area (Å²) in [6.07, 6.45) is 2.45. The molecule has 92 valence electrons. The molecule has 0 aromatic rings. The van der Waals surface area contributed by atoms with Crippen LogP contribution in [0.3, 0.4) is 0 Å². The summed E-state index contributed by atoms with van der Waals surface area (Å²) in [6, 6.07) is 0.